The van der Waals surface area contributed by atoms with Crippen molar-refractivity contribution in [2.24, 2.45) is 0 Å². The molecular formula is C12H17NOS. The standard InChI is InChI=1S/C12H17NOS/c1-9-8-10-11(15-9)2-5-13-12(10)3-6-14-7-4-12/h8,13H,2-7H2,1H3. The van der Waals surface area contributed by atoms with Gasteiger partial charge in [-0.25, -0.2) is 0 Å². The normalized spacial score (nSPS) is 24.1. The second-order valence-corrected chi connectivity index (χ2v) is 5.91. The van der Waals surface area contributed by atoms with Crippen molar-refractivity contribution < 1.29 is 4.74 Å². The average molecular weight is 223 g/mol. The molecule has 0 aromatic carbocycles. The minimum absolute atomic E-state index is 0.247. The number of ether oxygens (including phenoxy) is 1. The zero-order chi connectivity index (χ0) is 10.3. The molecule has 82 valence electrons. The first-order valence-electron chi connectivity index (χ1n) is 5.73. The number of aryl methyl sites for hydroxylation is 1. The van der Waals surface area contributed by atoms with Gasteiger partial charge in [-0.05, 0) is 37.8 Å². The maximum Gasteiger partial charge on any atom is 0.0490 e. The number of hydrogen-bond acceptors (Lipinski definition) is 3. The molecule has 3 heteroatoms. The Morgan fingerprint density at radius 1 is 1.40 bits per heavy atom. The molecule has 1 saturated heterocycles. The Balaban J connectivity index is 2.03. The van der Waals surface area contributed by atoms with Gasteiger partial charge in [0.1, 0.15) is 0 Å². The van der Waals surface area contributed by atoms with Crippen molar-refractivity contribution in [2.45, 2.75) is 31.7 Å². The van der Waals surface area contributed by atoms with E-state index >= 15 is 0 Å². The van der Waals surface area contributed by atoms with Crippen LogP contribution in [-0.2, 0) is 16.7 Å². The summed E-state index contributed by atoms with van der Waals surface area (Å²) in [7, 11) is 0. The molecule has 15 heavy (non-hydrogen) atoms. The molecule has 0 unspecified atom stereocenters. The van der Waals surface area contributed by atoms with Gasteiger partial charge in [0.15, 0.2) is 0 Å². The van der Waals surface area contributed by atoms with Crippen LogP contribution in [0.5, 0.6) is 0 Å². The lowest BCUT2D eigenvalue weighted by Gasteiger charge is -2.41. The molecular weight excluding hydrogens is 206 g/mol. The Bertz CT molecular complexity index is 366. The lowest BCUT2D eigenvalue weighted by atomic mass is 9.80. The first-order chi connectivity index (χ1) is 7.30. The van der Waals surface area contributed by atoms with Crippen molar-refractivity contribution in [1.82, 2.24) is 5.32 Å². The summed E-state index contributed by atoms with van der Waals surface area (Å²) < 4.78 is 5.48. The van der Waals surface area contributed by atoms with E-state index in [1.807, 2.05) is 11.3 Å². The molecule has 1 aromatic heterocycles. The van der Waals surface area contributed by atoms with Crippen molar-refractivity contribution in [3.05, 3.63) is 21.4 Å². The van der Waals surface area contributed by atoms with Gasteiger partial charge in [-0.1, -0.05) is 0 Å². The second-order valence-electron chi connectivity index (χ2n) is 4.57. The third-order valence-electron chi connectivity index (χ3n) is 3.61. The fraction of sp³-hybridized carbons (Fsp3) is 0.667. The summed E-state index contributed by atoms with van der Waals surface area (Å²) in [6.07, 6.45) is 3.47. The summed E-state index contributed by atoms with van der Waals surface area (Å²) in [5, 5.41) is 3.73. The monoisotopic (exact) mass is 223 g/mol. The van der Waals surface area contributed by atoms with E-state index in [0.717, 1.165) is 32.6 Å². The topological polar surface area (TPSA) is 21.3 Å². The lowest BCUT2D eigenvalue weighted by Crippen LogP contribution is -2.50. The molecule has 0 bridgehead atoms. The van der Waals surface area contributed by atoms with Gasteiger partial charge in [0.2, 0.25) is 0 Å². The SMILES string of the molecule is Cc1cc2c(s1)CCNC21CCOCC1. The molecule has 0 atom stereocenters. The van der Waals surface area contributed by atoms with E-state index in [9.17, 15) is 0 Å². The molecule has 0 amide bonds. The van der Waals surface area contributed by atoms with Gasteiger partial charge in [-0.2, -0.15) is 0 Å². The van der Waals surface area contributed by atoms with Crippen molar-refractivity contribution in [3.8, 4) is 0 Å². The summed E-state index contributed by atoms with van der Waals surface area (Å²) in [4.78, 5) is 3.06. The van der Waals surface area contributed by atoms with Crippen molar-refractivity contribution in [2.75, 3.05) is 19.8 Å². The maximum atomic E-state index is 5.48. The van der Waals surface area contributed by atoms with Crippen molar-refractivity contribution in [1.29, 1.82) is 0 Å². The smallest absolute Gasteiger partial charge is 0.0490 e. The van der Waals surface area contributed by atoms with Crippen LogP contribution in [0.4, 0.5) is 0 Å². The van der Waals surface area contributed by atoms with Gasteiger partial charge in [0, 0.05) is 35.1 Å². The molecule has 0 aliphatic carbocycles. The molecule has 2 nitrogen and oxygen atoms in total. The molecule has 2 aliphatic rings. The molecule has 2 aliphatic heterocycles. The van der Waals surface area contributed by atoms with E-state index in [-0.39, 0.29) is 5.54 Å². The molecule has 0 saturated carbocycles. The summed E-state index contributed by atoms with van der Waals surface area (Å²) in [5.41, 5.74) is 1.82. The van der Waals surface area contributed by atoms with Crippen molar-refractivity contribution >= 4 is 11.3 Å². The van der Waals surface area contributed by atoms with E-state index in [2.05, 4.69) is 18.3 Å². The zero-order valence-electron chi connectivity index (χ0n) is 9.14. The van der Waals surface area contributed by atoms with Gasteiger partial charge in [-0.3, -0.25) is 0 Å². The fourth-order valence-electron chi connectivity index (χ4n) is 2.83. The van der Waals surface area contributed by atoms with Crippen LogP contribution in [0.15, 0.2) is 6.07 Å². The summed E-state index contributed by atoms with van der Waals surface area (Å²) in [5.74, 6) is 0. The molecule has 1 spiro atoms. The van der Waals surface area contributed by atoms with Crippen LogP contribution in [0.2, 0.25) is 0 Å². The molecule has 3 heterocycles. The Labute approximate surface area is 94.6 Å². The maximum absolute atomic E-state index is 5.48. The summed E-state index contributed by atoms with van der Waals surface area (Å²) >= 11 is 1.98. The summed E-state index contributed by atoms with van der Waals surface area (Å²) in [6.45, 7) is 5.16. The van der Waals surface area contributed by atoms with Crippen LogP contribution in [0.1, 0.15) is 28.2 Å². The summed E-state index contributed by atoms with van der Waals surface area (Å²) in [6, 6.07) is 2.39. The molecule has 1 N–H and O–H groups in total. The van der Waals surface area contributed by atoms with Crippen LogP contribution in [0, 0.1) is 6.92 Å². The number of rotatable bonds is 0. The first kappa shape index (κ1) is 9.82. The van der Waals surface area contributed by atoms with Gasteiger partial charge in [-0.15, -0.1) is 11.3 Å². The van der Waals surface area contributed by atoms with Crippen LogP contribution >= 0.6 is 11.3 Å². The van der Waals surface area contributed by atoms with Crippen molar-refractivity contribution in [3.63, 3.8) is 0 Å². The van der Waals surface area contributed by atoms with Gasteiger partial charge >= 0.3 is 0 Å². The Hall–Kier alpha value is -0.380. The highest BCUT2D eigenvalue weighted by atomic mass is 32.1. The third kappa shape index (κ3) is 1.53. The number of nitrogens with one attached hydrogen (secondary N) is 1. The highest BCUT2D eigenvalue weighted by Gasteiger charge is 2.38. The number of hydrogen-bond donors (Lipinski definition) is 1. The number of fused-ring (bicyclic) bond motifs is 2. The fourth-order valence-corrected chi connectivity index (χ4v) is 3.96. The van der Waals surface area contributed by atoms with Crippen LogP contribution in [0.3, 0.4) is 0 Å². The first-order valence-corrected chi connectivity index (χ1v) is 6.54. The average Bonchev–Trinajstić information content (AvgIpc) is 2.62. The predicted molar refractivity (Wildman–Crippen MR) is 62.5 cm³/mol. The Morgan fingerprint density at radius 2 is 2.20 bits per heavy atom. The molecule has 0 radical (unpaired) electrons. The van der Waals surface area contributed by atoms with E-state index < -0.39 is 0 Å². The molecule has 3 rings (SSSR count). The highest BCUT2D eigenvalue weighted by Crippen LogP contribution is 2.40. The lowest BCUT2D eigenvalue weighted by molar-refractivity contribution is 0.0345. The quantitative estimate of drug-likeness (QED) is 0.728. The number of thiophene rings is 1. The van der Waals surface area contributed by atoms with E-state index in [1.165, 1.54) is 11.3 Å². The highest BCUT2D eigenvalue weighted by molar-refractivity contribution is 7.12. The minimum Gasteiger partial charge on any atom is -0.381 e. The minimum atomic E-state index is 0.247. The van der Waals surface area contributed by atoms with E-state index in [0.29, 0.717) is 0 Å². The van der Waals surface area contributed by atoms with Crippen LogP contribution < -0.4 is 5.32 Å². The Morgan fingerprint density at radius 3 is 3.00 bits per heavy atom. The van der Waals surface area contributed by atoms with Crippen LogP contribution in [-0.4, -0.2) is 19.8 Å². The zero-order valence-corrected chi connectivity index (χ0v) is 9.95. The van der Waals surface area contributed by atoms with Gasteiger partial charge in [0.05, 0.1) is 0 Å². The third-order valence-corrected chi connectivity index (χ3v) is 4.72. The second kappa shape index (κ2) is 3.58. The molecule has 1 fully saturated rings. The van der Waals surface area contributed by atoms with Gasteiger partial charge in [0.25, 0.3) is 0 Å². The predicted octanol–water partition coefficient (Wildman–Crippen LogP) is 2.21. The van der Waals surface area contributed by atoms with E-state index in [4.69, 9.17) is 4.74 Å². The molecule has 1 aromatic rings. The van der Waals surface area contributed by atoms with Crippen LogP contribution in [0.25, 0.3) is 0 Å². The van der Waals surface area contributed by atoms with Gasteiger partial charge < -0.3 is 10.1 Å². The van der Waals surface area contributed by atoms with E-state index in [1.54, 1.807) is 10.4 Å². The largest absolute Gasteiger partial charge is 0.381 e. The Kier molecular flexibility index (Phi) is 2.34.